The first kappa shape index (κ1) is 26.9. The second-order valence-electron chi connectivity index (χ2n) is 6.79. The molecule has 0 aliphatic carbocycles. The van der Waals surface area contributed by atoms with Crippen molar-refractivity contribution in [1.29, 1.82) is 0 Å². The SMILES string of the molecule is O=C(OCc1ccccc1)c1c(Cl)ccc(N(CCC(F)S(=O)(=O)CCCF)[SH](=O)=O)c1F. The van der Waals surface area contributed by atoms with Gasteiger partial charge in [-0.05, 0) is 24.1 Å². The summed E-state index contributed by atoms with van der Waals surface area (Å²) in [6.45, 7) is -1.89. The maximum atomic E-state index is 15.1. The molecule has 2 rings (SSSR count). The van der Waals surface area contributed by atoms with Gasteiger partial charge in [-0.15, -0.1) is 0 Å². The van der Waals surface area contributed by atoms with Crippen molar-refractivity contribution in [3.05, 3.63) is 64.4 Å². The second kappa shape index (κ2) is 12.2. The van der Waals surface area contributed by atoms with Crippen LogP contribution >= 0.6 is 11.6 Å². The number of sulfone groups is 1. The van der Waals surface area contributed by atoms with E-state index in [1.165, 1.54) is 0 Å². The van der Waals surface area contributed by atoms with Crippen molar-refractivity contribution in [2.75, 3.05) is 23.3 Å². The van der Waals surface area contributed by atoms with Gasteiger partial charge in [0, 0.05) is 13.0 Å². The van der Waals surface area contributed by atoms with Crippen LogP contribution in [0.15, 0.2) is 42.5 Å². The molecule has 0 aliphatic rings. The molecule has 0 aromatic heterocycles. The highest BCUT2D eigenvalue weighted by atomic mass is 35.5. The molecule has 0 saturated carbocycles. The number of nitrogens with zero attached hydrogens (tertiary/aromatic N) is 1. The van der Waals surface area contributed by atoms with E-state index < -0.39 is 81.1 Å². The van der Waals surface area contributed by atoms with Crippen LogP contribution in [-0.2, 0) is 32.1 Å². The van der Waals surface area contributed by atoms with E-state index in [-0.39, 0.29) is 11.6 Å². The summed E-state index contributed by atoms with van der Waals surface area (Å²) in [6.07, 6.45) is -1.23. The molecule has 13 heteroatoms. The summed E-state index contributed by atoms with van der Waals surface area (Å²) in [7, 11) is -7.86. The average molecular weight is 528 g/mol. The maximum Gasteiger partial charge on any atom is 0.343 e. The maximum absolute atomic E-state index is 15.1. The molecule has 0 radical (unpaired) electrons. The highest BCUT2D eigenvalue weighted by Gasteiger charge is 2.28. The number of anilines is 1. The van der Waals surface area contributed by atoms with Crippen molar-refractivity contribution in [3.8, 4) is 0 Å². The van der Waals surface area contributed by atoms with E-state index in [1.54, 1.807) is 30.3 Å². The zero-order valence-electron chi connectivity index (χ0n) is 17.1. The molecule has 7 nitrogen and oxygen atoms in total. The monoisotopic (exact) mass is 527 g/mol. The van der Waals surface area contributed by atoms with Crippen LogP contribution in [0.1, 0.15) is 28.8 Å². The first-order valence-corrected chi connectivity index (χ1v) is 12.8. The van der Waals surface area contributed by atoms with Gasteiger partial charge in [-0.1, -0.05) is 41.9 Å². The Morgan fingerprint density at radius 3 is 2.42 bits per heavy atom. The fourth-order valence-corrected chi connectivity index (χ4v) is 4.86. The number of carbonyl (C=O) groups is 1. The number of alkyl halides is 2. The van der Waals surface area contributed by atoms with Crippen molar-refractivity contribution < 1.29 is 39.5 Å². The van der Waals surface area contributed by atoms with Crippen molar-refractivity contribution in [1.82, 2.24) is 0 Å². The molecule has 0 N–H and O–H groups in total. The summed E-state index contributed by atoms with van der Waals surface area (Å²) in [6, 6.07) is 10.5. The minimum Gasteiger partial charge on any atom is -0.457 e. The minimum absolute atomic E-state index is 0.195. The molecule has 1 unspecified atom stereocenters. The van der Waals surface area contributed by atoms with E-state index in [9.17, 15) is 30.4 Å². The molecule has 0 aliphatic heterocycles. The molecule has 2 aromatic rings. The number of benzene rings is 2. The fraction of sp³-hybridized carbons (Fsp3) is 0.350. The zero-order chi connectivity index (χ0) is 24.6. The molecule has 0 amide bonds. The predicted molar refractivity (Wildman–Crippen MR) is 119 cm³/mol. The number of halogens is 4. The largest absolute Gasteiger partial charge is 0.457 e. The molecule has 0 fully saturated rings. The Morgan fingerprint density at radius 2 is 1.82 bits per heavy atom. The second-order valence-corrected chi connectivity index (χ2v) is 10.4. The molecular weight excluding hydrogens is 507 g/mol. The van der Waals surface area contributed by atoms with Crippen LogP contribution in [0.4, 0.5) is 18.9 Å². The van der Waals surface area contributed by atoms with E-state index in [0.717, 1.165) is 12.1 Å². The lowest BCUT2D eigenvalue weighted by atomic mass is 10.1. The normalized spacial score (nSPS) is 12.5. The zero-order valence-corrected chi connectivity index (χ0v) is 19.6. The van der Waals surface area contributed by atoms with E-state index in [0.29, 0.717) is 9.87 Å². The van der Waals surface area contributed by atoms with Crippen molar-refractivity contribution >= 4 is 44.0 Å². The summed E-state index contributed by atoms with van der Waals surface area (Å²) >= 11 is 5.92. The molecule has 0 bridgehead atoms. The number of carbonyl (C=O) groups excluding carboxylic acids is 1. The summed E-state index contributed by atoms with van der Waals surface area (Å²) in [4.78, 5) is 12.4. The number of hydrogen-bond donors (Lipinski definition) is 1. The first-order valence-electron chi connectivity index (χ1n) is 9.61. The van der Waals surface area contributed by atoms with E-state index >= 15 is 4.39 Å². The van der Waals surface area contributed by atoms with Gasteiger partial charge >= 0.3 is 5.97 Å². The number of rotatable bonds is 12. The van der Waals surface area contributed by atoms with Crippen LogP contribution in [0.2, 0.25) is 5.02 Å². The smallest absolute Gasteiger partial charge is 0.343 e. The Bertz CT molecular complexity index is 1140. The van der Waals surface area contributed by atoms with Crippen LogP contribution in [0.3, 0.4) is 0 Å². The van der Waals surface area contributed by atoms with Gasteiger partial charge in [0.25, 0.3) is 0 Å². The predicted octanol–water partition coefficient (Wildman–Crippen LogP) is 3.63. The van der Waals surface area contributed by atoms with Gasteiger partial charge in [-0.3, -0.25) is 8.70 Å². The third kappa shape index (κ3) is 7.34. The Labute approximate surface area is 196 Å². The molecule has 0 heterocycles. The van der Waals surface area contributed by atoms with E-state index in [1.807, 2.05) is 0 Å². The van der Waals surface area contributed by atoms with Gasteiger partial charge in [0.1, 0.15) is 12.2 Å². The standard InChI is InChI=1S/C20H21ClF3NO6S2/c21-15-7-8-16(19(24)18(15)20(26)31-13-14-5-2-1-3-6-14)25(32(27)28)11-9-17(23)33(29,30)12-4-10-22/h1-3,5-8,17,32H,4,9-13H2. The molecule has 33 heavy (non-hydrogen) atoms. The van der Waals surface area contributed by atoms with Crippen molar-refractivity contribution in [2.24, 2.45) is 0 Å². The van der Waals surface area contributed by atoms with Crippen molar-refractivity contribution in [3.63, 3.8) is 0 Å². The Kier molecular flexibility index (Phi) is 9.99. The molecule has 0 spiro atoms. The van der Waals surface area contributed by atoms with E-state index in [2.05, 4.69) is 0 Å². The summed E-state index contributed by atoms with van der Waals surface area (Å²) in [5, 5.41) is -0.340. The summed E-state index contributed by atoms with van der Waals surface area (Å²) < 4.78 is 93.8. The lowest BCUT2D eigenvalue weighted by Gasteiger charge is -2.21. The molecule has 182 valence electrons. The van der Waals surface area contributed by atoms with Gasteiger partial charge in [0.05, 0.1) is 23.1 Å². The minimum atomic E-state index is -4.32. The number of thiol groups is 1. The lowest BCUT2D eigenvalue weighted by molar-refractivity contribution is 0.0467. The van der Waals surface area contributed by atoms with E-state index in [4.69, 9.17) is 16.3 Å². The Balaban J connectivity index is 2.23. The fourth-order valence-electron chi connectivity index (χ4n) is 2.80. The van der Waals surface area contributed by atoms with Gasteiger partial charge in [0.15, 0.2) is 15.7 Å². The van der Waals surface area contributed by atoms with Crippen LogP contribution in [0.25, 0.3) is 0 Å². The lowest BCUT2D eigenvalue weighted by Crippen LogP contribution is -2.29. The van der Waals surface area contributed by atoms with Crippen molar-refractivity contribution in [2.45, 2.75) is 25.0 Å². The third-order valence-corrected chi connectivity index (χ3v) is 7.48. The summed E-state index contributed by atoms with van der Waals surface area (Å²) in [5.74, 6) is -3.22. The molecule has 0 saturated heterocycles. The van der Waals surface area contributed by atoms with Gasteiger partial charge < -0.3 is 4.74 Å². The van der Waals surface area contributed by atoms with Crippen LogP contribution in [-0.4, -0.2) is 47.3 Å². The molecular formula is C20H21ClF3NO6S2. The topological polar surface area (TPSA) is 97.8 Å². The van der Waals surface area contributed by atoms with Crippen LogP contribution in [0, 0.1) is 5.82 Å². The Morgan fingerprint density at radius 1 is 1.15 bits per heavy atom. The van der Waals surface area contributed by atoms with Gasteiger partial charge in [0.2, 0.25) is 16.4 Å². The first-order chi connectivity index (χ1) is 15.6. The molecule has 2 aromatic carbocycles. The Hall–Kier alpha value is -2.31. The van der Waals surface area contributed by atoms with Crippen LogP contribution < -0.4 is 4.31 Å². The van der Waals surface area contributed by atoms with Gasteiger partial charge in [-0.2, -0.15) is 0 Å². The third-order valence-electron chi connectivity index (χ3n) is 4.48. The quantitative estimate of drug-likeness (QED) is 0.334. The molecule has 1 atom stereocenters. The number of esters is 1. The number of ether oxygens (including phenoxy) is 1. The average Bonchev–Trinajstić information content (AvgIpc) is 2.78. The highest BCUT2D eigenvalue weighted by molar-refractivity contribution is 7.91. The summed E-state index contributed by atoms with van der Waals surface area (Å²) in [5.41, 5.74) is -3.22. The number of hydrogen-bond acceptors (Lipinski definition) is 6. The van der Waals surface area contributed by atoms with Crippen LogP contribution in [0.5, 0.6) is 0 Å². The highest BCUT2D eigenvalue weighted by Crippen LogP contribution is 2.30. The van der Waals surface area contributed by atoms with Gasteiger partial charge in [-0.25, -0.2) is 30.4 Å².